The van der Waals surface area contributed by atoms with Gasteiger partial charge in [-0.05, 0) is 26.3 Å². The fourth-order valence-electron chi connectivity index (χ4n) is 3.22. The summed E-state index contributed by atoms with van der Waals surface area (Å²) >= 11 is 1.41. The average molecular weight is 381 g/mol. The maximum Gasteiger partial charge on any atom is 0.332 e. The molecule has 0 saturated heterocycles. The number of thiophene rings is 1. The minimum Gasteiger partial charge on any atom is -0.395 e. The van der Waals surface area contributed by atoms with Crippen LogP contribution < -0.4 is 16.6 Å². The van der Waals surface area contributed by atoms with Crippen LogP contribution >= 0.6 is 11.3 Å². The lowest BCUT2D eigenvalue weighted by Gasteiger charge is -2.29. The summed E-state index contributed by atoms with van der Waals surface area (Å²) in [6.07, 6.45) is 0.580. The highest BCUT2D eigenvalue weighted by atomic mass is 32.1. The third-order valence-corrected chi connectivity index (χ3v) is 5.72. The van der Waals surface area contributed by atoms with E-state index in [2.05, 4.69) is 5.32 Å². The van der Waals surface area contributed by atoms with Gasteiger partial charge in [0.05, 0.1) is 24.2 Å². The van der Waals surface area contributed by atoms with Crippen LogP contribution in [0.3, 0.4) is 0 Å². The molecule has 0 bridgehead atoms. The van der Waals surface area contributed by atoms with Gasteiger partial charge in [-0.3, -0.25) is 18.7 Å². The maximum absolute atomic E-state index is 13.1. The number of aryl methyl sites for hydroxylation is 1. The number of carbonyl (C=O) groups excluding carboxylic acids is 1. The van der Waals surface area contributed by atoms with Crippen molar-refractivity contribution in [1.29, 1.82) is 0 Å². The van der Waals surface area contributed by atoms with Crippen molar-refractivity contribution >= 4 is 27.5 Å². The van der Waals surface area contributed by atoms with Gasteiger partial charge < -0.3 is 15.2 Å². The first-order valence-electron chi connectivity index (χ1n) is 8.58. The SMILES string of the molecule is CCn1c(=O)n(CC(=O)NCCO)c(=O)c2c3c(sc21)COC(C)(C)C3. The lowest BCUT2D eigenvalue weighted by molar-refractivity contribution is -0.121. The summed E-state index contributed by atoms with van der Waals surface area (Å²) < 4.78 is 8.34. The first-order valence-corrected chi connectivity index (χ1v) is 9.40. The molecular weight excluding hydrogens is 358 g/mol. The van der Waals surface area contributed by atoms with Gasteiger partial charge in [0, 0.05) is 24.4 Å². The highest BCUT2D eigenvalue weighted by molar-refractivity contribution is 7.18. The monoisotopic (exact) mass is 381 g/mol. The second-order valence-electron chi connectivity index (χ2n) is 6.90. The van der Waals surface area contributed by atoms with Crippen LogP contribution in [0.5, 0.6) is 0 Å². The number of ether oxygens (including phenoxy) is 1. The summed E-state index contributed by atoms with van der Waals surface area (Å²) in [7, 11) is 0. The van der Waals surface area contributed by atoms with E-state index < -0.39 is 17.2 Å². The molecule has 9 heteroatoms. The lowest BCUT2D eigenvalue weighted by atomic mass is 9.94. The van der Waals surface area contributed by atoms with E-state index in [4.69, 9.17) is 9.84 Å². The van der Waals surface area contributed by atoms with Gasteiger partial charge in [0.2, 0.25) is 5.91 Å². The second-order valence-corrected chi connectivity index (χ2v) is 7.98. The topological polar surface area (TPSA) is 103 Å². The molecule has 0 aliphatic carbocycles. The van der Waals surface area contributed by atoms with Crippen LogP contribution in [-0.4, -0.2) is 38.9 Å². The van der Waals surface area contributed by atoms with Crippen molar-refractivity contribution in [3.8, 4) is 0 Å². The Morgan fingerprint density at radius 3 is 2.73 bits per heavy atom. The molecule has 2 aromatic rings. The van der Waals surface area contributed by atoms with Crippen LogP contribution in [-0.2, 0) is 35.6 Å². The molecule has 26 heavy (non-hydrogen) atoms. The highest BCUT2D eigenvalue weighted by Gasteiger charge is 2.31. The highest BCUT2D eigenvalue weighted by Crippen LogP contribution is 2.37. The van der Waals surface area contributed by atoms with Crippen LogP contribution in [0.15, 0.2) is 9.59 Å². The molecule has 1 aliphatic heterocycles. The fraction of sp³-hybridized carbons (Fsp3) is 0.588. The van der Waals surface area contributed by atoms with E-state index in [1.54, 1.807) is 0 Å². The van der Waals surface area contributed by atoms with Crippen LogP contribution in [0.25, 0.3) is 10.2 Å². The fourth-order valence-corrected chi connectivity index (χ4v) is 4.50. The molecule has 0 radical (unpaired) electrons. The summed E-state index contributed by atoms with van der Waals surface area (Å²) in [5.74, 6) is -0.479. The third kappa shape index (κ3) is 3.22. The van der Waals surface area contributed by atoms with Gasteiger partial charge in [0.15, 0.2) is 0 Å². The number of rotatable bonds is 5. The van der Waals surface area contributed by atoms with E-state index in [9.17, 15) is 14.4 Å². The molecule has 3 heterocycles. The molecule has 3 rings (SSSR count). The Hall–Kier alpha value is -1.97. The van der Waals surface area contributed by atoms with Crippen LogP contribution in [0.4, 0.5) is 0 Å². The zero-order valence-electron chi connectivity index (χ0n) is 15.1. The minimum absolute atomic E-state index is 0.0805. The van der Waals surface area contributed by atoms with Crippen molar-refractivity contribution in [1.82, 2.24) is 14.5 Å². The molecule has 0 spiro atoms. The minimum atomic E-state index is -0.497. The Kier molecular flexibility index (Phi) is 5.05. The summed E-state index contributed by atoms with van der Waals surface area (Å²) in [6, 6.07) is 0. The molecule has 0 aromatic carbocycles. The third-order valence-electron chi connectivity index (χ3n) is 4.49. The van der Waals surface area contributed by atoms with E-state index in [0.717, 1.165) is 15.0 Å². The number of nitrogens with one attached hydrogen (secondary N) is 1. The predicted octanol–water partition coefficient (Wildman–Crippen LogP) is 0.204. The Bertz CT molecular complexity index is 969. The molecule has 142 valence electrons. The van der Waals surface area contributed by atoms with E-state index in [1.165, 1.54) is 15.9 Å². The molecule has 2 N–H and O–H groups in total. The quantitative estimate of drug-likeness (QED) is 0.771. The number of hydrogen-bond donors (Lipinski definition) is 2. The first-order chi connectivity index (χ1) is 12.3. The molecule has 1 aliphatic rings. The molecule has 1 amide bonds. The molecular formula is C17H23N3O5S. The number of hydrogen-bond acceptors (Lipinski definition) is 6. The molecule has 2 aromatic heterocycles. The molecule has 0 atom stereocenters. The van der Waals surface area contributed by atoms with E-state index >= 15 is 0 Å². The van der Waals surface area contributed by atoms with E-state index in [-0.39, 0.29) is 25.3 Å². The maximum atomic E-state index is 13.1. The number of carbonyl (C=O) groups is 1. The average Bonchev–Trinajstić information content (AvgIpc) is 2.94. The van der Waals surface area contributed by atoms with E-state index in [1.807, 2.05) is 20.8 Å². The predicted molar refractivity (Wildman–Crippen MR) is 98.7 cm³/mol. The number of aliphatic hydroxyl groups excluding tert-OH is 1. The van der Waals surface area contributed by atoms with Gasteiger partial charge in [0.1, 0.15) is 11.4 Å². The summed E-state index contributed by atoms with van der Waals surface area (Å²) in [5.41, 5.74) is -0.408. The van der Waals surface area contributed by atoms with Gasteiger partial charge in [-0.25, -0.2) is 4.79 Å². The Morgan fingerprint density at radius 2 is 2.08 bits per heavy atom. The van der Waals surface area contributed by atoms with Crippen LogP contribution in [0.2, 0.25) is 0 Å². The van der Waals surface area contributed by atoms with Crippen LogP contribution in [0.1, 0.15) is 31.2 Å². The molecule has 0 saturated carbocycles. The molecule has 0 fully saturated rings. The Morgan fingerprint density at radius 1 is 1.35 bits per heavy atom. The summed E-state index contributed by atoms with van der Waals surface area (Å²) in [6.45, 7) is 6.10. The van der Waals surface area contributed by atoms with Gasteiger partial charge in [-0.2, -0.15) is 0 Å². The standard InChI is InChI=1S/C17H23N3O5S/c1-4-19-15-13(10-7-17(2,3)25-9-11(10)26-15)14(23)20(16(19)24)8-12(22)18-5-6-21/h21H,4-9H2,1-3H3,(H,18,22). The lowest BCUT2D eigenvalue weighted by Crippen LogP contribution is -2.44. The smallest absolute Gasteiger partial charge is 0.332 e. The van der Waals surface area contributed by atoms with Crippen LogP contribution in [0, 0.1) is 0 Å². The van der Waals surface area contributed by atoms with Crippen molar-refractivity contribution in [2.75, 3.05) is 13.2 Å². The number of aliphatic hydroxyl groups is 1. The van der Waals surface area contributed by atoms with Gasteiger partial charge >= 0.3 is 5.69 Å². The number of fused-ring (bicyclic) bond motifs is 3. The number of nitrogens with zero attached hydrogens (tertiary/aromatic N) is 2. The van der Waals surface area contributed by atoms with Crippen molar-refractivity contribution in [2.45, 2.75) is 52.5 Å². The van der Waals surface area contributed by atoms with Crippen molar-refractivity contribution in [3.63, 3.8) is 0 Å². The number of amides is 1. The first kappa shape index (κ1) is 18.8. The van der Waals surface area contributed by atoms with Crippen molar-refractivity contribution in [3.05, 3.63) is 31.3 Å². The largest absolute Gasteiger partial charge is 0.395 e. The Labute approximate surface area is 154 Å². The van der Waals surface area contributed by atoms with Gasteiger partial charge in [-0.15, -0.1) is 11.3 Å². The second kappa shape index (κ2) is 6.98. The summed E-state index contributed by atoms with van der Waals surface area (Å²) in [5, 5.41) is 11.8. The van der Waals surface area contributed by atoms with E-state index in [0.29, 0.717) is 29.8 Å². The normalized spacial score (nSPS) is 15.8. The zero-order chi connectivity index (χ0) is 19.1. The summed E-state index contributed by atoms with van der Waals surface area (Å²) in [4.78, 5) is 39.4. The Balaban J connectivity index is 2.19. The van der Waals surface area contributed by atoms with Crippen molar-refractivity contribution in [2.24, 2.45) is 0 Å². The van der Waals surface area contributed by atoms with Crippen molar-refractivity contribution < 1.29 is 14.6 Å². The molecule has 0 unspecified atom stereocenters. The number of aromatic nitrogens is 2. The zero-order valence-corrected chi connectivity index (χ0v) is 15.9. The molecule has 8 nitrogen and oxygen atoms in total. The van der Waals surface area contributed by atoms with Gasteiger partial charge in [0.25, 0.3) is 5.56 Å². The van der Waals surface area contributed by atoms with Gasteiger partial charge in [-0.1, -0.05) is 0 Å².